The van der Waals surface area contributed by atoms with Gasteiger partial charge in [-0.05, 0) is 38.5 Å². The maximum absolute atomic E-state index is 5.74. The van der Waals surface area contributed by atoms with Gasteiger partial charge in [0.1, 0.15) is 5.75 Å². The Kier molecular flexibility index (Phi) is 5.02. The second-order valence-electron chi connectivity index (χ2n) is 4.99. The van der Waals surface area contributed by atoms with Crippen molar-refractivity contribution < 1.29 is 4.74 Å². The second kappa shape index (κ2) is 6.76. The zero-order chi connectivity index (χ0) is 12.8. The molecule has 0 bridgehead atoms. The van der Waals surface area contributed by atoms with Gasteiger partial charge < -0.3 is 15.4 Å². The Morgan fingerprint density at radius 3 is 2.94 bits per heavy atom. The van der Waals surface area contributed by atoms with Gasteiger partial charge in [0.05, 0.1) is 6.61 Å². The number of nitrogens with zero attached hydrogens (tertiary/aromatic N) is 1. The van der Waals surface area contributed by atoms with E-state index in [9.17, 15) is 0 Å². The molecule has 2 rings (SSSR count). The molecule has 0 amide bonds. The summed E-state index contributed by atoms with van der Waals surface area (Å²) in [6.45, 7) is 7.17. The van der Waals surface area contributed by atoms with E-state index < -0.39 is 0 Å². The van der Waals surface area contributed by atoms with Crippen LogP contribution in [0.5, 0.6) is 5.75 Å². The lowest BCUT2D eigenvalue weighted by Crippen LogP contribution is -2.32. The molecule has 0 saturated carbocycles. The lowest BCUT2D eigenvalue weighted by atomic mass is 10.0. The Balaban J connectivity index is 1.95. The van der Waals surface area contributed by atoms with Crippen LogP contribution < -0.4 is 10.5 Å². The number of benzene rings is 1. The van der Waals surface area contributed by atoms with Crippen LogP contribution in [0.2, 0.25) is 0 Å². The monoisotopic (exact) mass is 248 g/mol. The van der Waals surface area contributed by atoms with Gasteiger partial charge in [0, 0.05) is 18.0 Å². The summed E-state index contributed by atoms with van der Waals surface area (Å²) in [5.41, 5.74) is 6.97. The number of fused-ring (bicyclic) bond motifs is 1. The average molecular weight is 248 g/mol. The Labute approximate surface area is 110 Å². The Hall–Kier alpha value is -1.06. The van der Waals surface area contributed by atoms with Crippen LogP contribution in [0.25, 0.3) is 0 Å². The third-order valence-electron chi connectivity index (χ3n) is 3.50. The standard InChI is InChI=1S/C15H24N2O/c1-2-9-17(10-5-8-16)11-13-12-18-15-7-4-3-6-14(13)15/h3-4,6-7,13H,2,5,8-12,16H2,1H3. The topological polar surface area (TPSA) is 38.5 Å². The van der Waals surface area contributed by atoms with Gasteiger partial charge in [-0.25, -0.2) is 0 Å². The fraction of sp³-hybridized carbons (Fsp3) is 0.600. The minimum absolute atomic E-state index is 0.519. The summed E-state index contributed by atoms with van der Waals surface area (Å²) >= 11 is 0. The third-order valence-corrected chi connectivity index (χ3v) is 3.50. The van der Waals surface area contributed by atoms with Crippen LogP contribution in [0.4, 0.5) is 0 Å². The summed E-state index contributed by atoms with van der Waals surface area (Å²) in [6.07, 6.45) is 2.27. The van der Waals surface area contributed by atoms with E-state index in [1.807, 2.05) is 6.07 Å². The molecule has 1 aromatic carbocycles. The zero-order valence-corrected chi connectivity index (χ0v) is 11.3. The highest BCUT2D eigenvalue weighted by Gasteiger charge is 2.25. The quantitative estimate of drug-likeness (QED) is 0.804. The SMILES string of the molecule is CCCN(CCCN)CC1COc2ccccc21. The minimum Gasteiger partial charge on any atom is -0.493 e. The predicted molar refractivity (Wildman–Crippen MR) is 75.1 cm³/mol. The molecule has 2 N–H and O–H groups in total. The van der Waals surface area contributed by atoms with Crippen LogP contribution in [0.15, 0.2) is 24.3 Å². The average Bonchev–Trinajstić information content (AvgIpc) is 2.80. The normalized spacial score (nSPS) is 17.8. The van der Waals surface area contributed by atoms with Crippen LogP contribution in [0.3, 0.4) is 0 Å². The molecule has 0 aliphatic carbocycles. The molecule has 18 heavy (non-hydrogen) atoms. The van der Waals surface area contributed by atoms with Crippen LogP contribution >= 0.6 is 0 Å². The van der Waals surface area contributed by atoms with Crippen molar-refractivity contribution in [1.82, 2.24) is 4.90 Å². The van der Waals surface area contributed by atoms with Crippen LogP contribution in [-0.4, -0.2) is 37.7 Å². The first-order valence-corrected chi connectivity index (χ1v) is 6.99. The van der Waals surface area contributed by atoms with E-state index in [0.717, 1.165) is 45.0 Å². The van der Waals surface area contributed by atoms with Crippen molar-refractivity contribution >= 4 is 0 Å². The first-order chi connectivity index (χ1) is 8.85. The fourth-order valence-electron chi connectivity index (χ4n) is 2.62. The van der Waals surface area contributed by atoms with Crippen molar-refractivity contribution in [2.24, 2.45) is 5.73 Å². The number of hydrogen-bond donors (Lipinski definition) is 1. The van der Waals surface area contributed by atoms with E-state index in [1.54, 1.807) is 0 Å². The first-order valence-electron chi connectivity index (χ1n) is 6.99. The molecular formula is C15H24N2O. The van der Waals surface area contributed by atoms with E-state index in [4.69, 9.17) is 10.5 Å². The van der Waals surface area contributed by atoms with Gasteiger partial charge in [-0.3, -0.25) is 0 Å². The first kappa shape index (κ1) is 13.4. The van der Waals surface area contributed by atoms with Crippen molar-refractivity contribution in [2.75, 3.05) is 32.8 Å². The number of para-hydroxylation sites is 1. The number of ether oxygens (including phenoxy) is 1. The molecule has 1 aromatic rings. The highest BCUT2D eigenvalue weighted by molar-refractivity contribution is 5.39. The summed E-state index contributed by atoms with van der Waals surface area (Å²) < 4.78 is 5.74. The maximum Gasteiger partial charge on any atom is 0.122 e. The summed E-state index contributed by atoms with van der Waals surface area (Å²) in [5.74, 6) is 1.59. The third kappa shape index (κ3) is 3.24. The van der Waals surface area contributed by atoms with Crippen molar-refractivity contribution in [2.45, 2.75) is 25.7 Å². The van der Waals surface area contributed by atoms with Gasteiger partial charge in [-0.2, -0.15) is 0 Å². The lowest BCUT2D eigenvalue weighted by Gasteiger charge is -2.24. The van der Waals surface area contributed by atoms with Crippen LogP contribution in [0, 0.1) is 0 Å². The second-order valence-corrected chi connectivity index (χ2v) is 4.99. The predicted octanol–water partition coefficient (Wildman–Crippen LogP) is 2.22. The van der Waals surface area contributed by atoms with Gasteiger partial charge in [0.25, 0.3) is 0 Å². The van der Waals surface area contributed by atoms with E-state index in [0.29, 0.717) is 5.92 Å². The molecule has 3 nitrogen and oxygen atoms in total. The molecular weight excluding hydrogens is 224 g/mol. The van der Waals surface area contributed by atoms with Crippen molar-refractivity contribution in [1.29, 1.82) is 0 Å². The minimum atomic E-state index is 0.519. The van der Waals surface area contributed by atoms with E-state index in [1.165, 1.54) is 12.0 Å². The zero-order valence-electron chi connectivity index (χ0n) is 11.3. The largest absolute Gasteiger partial charge is 0.493 e. The van der Waals surface area contributed by atoms with E-state index in [-0.39, 0.29) is 0 Å². The Morgan fingerprint density at radius 1 is 1.33 bits per heavy atom. The van der Waals surface area contributed by atoms with Gasteiger partial charge in [0.15, 0.2) is 0 Å². The molecule has 1 aliphatic heterocycles. The molecule has 0 aromatic heterocycles. The van der Waals surface area contributed by atoms with E-state index >= 15 is 0 Å². The molecule has 1 heterocycles. The molecule has 0 saturated heterocycles. The van der Waals surface area contributed by atoms with Crippen LogP contribution in [0.1, 0.15) is 31.2 Å². The number of rotatable bonds is 7. The summed E-state index contributed by atoms with van der Waals surface area (Å²) in [7, 11) is 0. The molecule has 1 aliphatic rings. The summed E-state index contributed by atoms with van der Waals surface area (Å²) in [5, 5.41) is 0. The number of nitrogens with two attached hydrogens (primary N) is 1. The fourth-order valence-corrected chi connectivity index (χ4v) is 2.62. The van der Waals surface area contributed by atoms with Gasteiger partial charge in [0.2, 0.25) is 0 Å². The summed E-state index contributed by atoms with van der Waals surface area (Å²) in [6, 6.07) is 8.41. The highest BCUT2D eigenvalue weighted by Crippen LogP contribution is 2.33. The smallest absolute Gasteiger partial charge is 0.122 e. The molecule has 0 fully saturated rings. The van der Waals surface area contributed by atoms with E-state index in [2.05, 4.69) is 30.0 Å². The highest BCUT2D eigenvalue weighted by atomic mass is 16.5. The van der Waals surface area contributed by atoms with Crippen LogP contribution in [-0.2, 0) is 0 Å². The summed E-state index contributed by atoms with van der Waals surface area (Å²) in [4.78, 5) is 2.52. The molecule has 0 spiro atoms. The van der Waals surface area contributed by atoms with Crippen molar-refractivity contribution in [3.8, 4) is 5.75 Å². The molecule has 0 radical (unpaired) electrons. The molecule has 100 valence electrons. The lowest BCUT2D eigenvalue weighted by molar-refractivity contribution is 0.232. The van der Waals surface area contributed by atoms with Gasteiger partial charge in [-0.15, -0.1) is 0 Å². The van der Waals surface area contributed by atoms with Crippen molar-refractivity contribution in [3.63, 3.8) is 0 Å². The van der Waals surface area contributed by atoms with Crippen molar-refractivity contribution in [3.05, 3.63) is 29.8 Å². The van der Waals surface area contributed by atoms with Gasteiger partial charge in [-0.1, -0.05) is 25.1 Å². The maximum atomic E-state index is 5.74. The molecule has 1 atom stereocenters. The molecule has 3 heteroatoms. The Bertz CT molecular complexity index is 367. The molecule has 1 unspecified atom stereocenters. The number of hydrogen-bond acceptors (Lipinski definition) is 3. The van der Waals surface area contributed by atoms with Gasteiger partial charge >= 0.3 is 0 Å². The Morgan fingerprint density at radius 2 is 2.17 bits per heavy atom.